The summed E-state index contributed by atoms with van der Waals surface area (Å²) in [5, 5.41) is 0. The highest BCUT2D eigenvalue weighted by molar-refractivity contribution is 5.65. The van der Waals surface area contributed by atoms with Crippen molar-refractivity contribution in [3.05, 3.63) is 18.5 Å². The molecule has 1 aromatic rings. The van der Waals surface area contributed by atoms with E-state index in [-0.39, 0.29) is 0 Å². The van der Waals surface area contributed by atoms with Crippen LogP contribution < -0.4 is 10.6 Å². The Kier molecular flexibility index (Phi) is 3.65. The first-order valence-corrected chi connectivity index (χ1v) is 6.25. The highest BCUT2D eigenvalue weighted by Gasteiger charge is 2.17. The van der Waals surface area contributed by atoms with Gasteiger partial charge in [-0.2, -0.15) is 0 Å². The Labute approximate surface area is 97.7 Å². The molecular weight excluding hydrogens is 198 g/mol. The molecule has 2 rings (SSSR count). The van der Waals surface area contributed by atoms with E-state index in [2.05, 4.69) is 16.8 Å². The van der Waals surface area contributed by atoms with Crippen LogP contribution in [0.5, 0.6) is 0 Å². The number of anilines is 2. The van der Waals surface area contributed by atoms with Gasteiger partial charge in [0.25, 0.3) is 0 Å². The van der Waals surface area contributed by atoms with Gasteiger partial charge in [-0.05, 0) is 31.2 Å². The highest BCUT2D eigenvalue weighted by atomic mass is 15.1. The van der Waals surface area contributed by atoms with Crippen molar-refractivity contribution >= 4 is 11.4 Å². The van der Waals surface area contributed by atoms with Gasteiger partial charge in [0.1, 0.15) is 0 Å². The summed E-state index contributed by atoms with van der Waals surface area (Å²) < 4.78 is 0. The molecule has 1 aliphatic rings. The molecule has 1 unspecified atom stereocenters. The first-order chi connectivity index (χ1) is 7.81. The maximum atomic E-state index is 5.97. The van der Waals surface area contributed by atoms with Crippen LogP contribution in [0.2, 0.25) is 0 Å². The van der Waals surface area contributed by atoms with Crippen LogP contribution in [0.25, 0.3) is 0 Å². The van der Waals surface area contributed by atoms with Gasteiger partial charge in [0.05, 0.1) is 17.6 Å². The minimum atomic E-state index is 0.803. The van der Waals surface area contributed by atoms with E-state index < -0.39 is 0 Å². The fraction of sp³-hybridized carbons (Fsp3) is 0.615. The lowest BCUT2D eigenvalue weighted by atomic mass is 9.98. The van der Waals surface area contributed by atoms with Crippen LogP contribution in [-0.4, -0.2) is 18.1 Å². The second-order valence-electron chi connectivity index (χ2n) is 4.63. The maximum Gasteiger partial charge on any atom is 0.0738 e. The quantitative estimate of drug-likeness (QED) is 0.831. The second-order valence-corrected chi connectivity index (χ2v) is 4.63. The highest BCUT2D eigenvalue weighted by Crippen LogP contribution is 2.27. The number of rotatable bonds is 2. The third-order valence-corrected chi connectivity index (χ3v) is 3.59. The molecule has 88 valence electrons. The van der Waals surface area contributed by atoms with E-state index in [0.717, 1.165) is 30.4 Å². The molecule has 3 heteroatoms. The Bertz CT molecular complexity index is 338. The van der Waals surface area contributed by atoms with Crippen LogP contribution in [-0.2, 0) is 0 Å². The number of aromatic nitrogens is 1. The summed E-state index contributed by atoms with van der Waals surface area (Å²) in [6, 6.07) is 2.03. The number of nitrogens with zero attached hydrogens (tertiary/aromatic N) is 2. The zero-order valence-electron chi connectivity index (χ0n) is 10.0. The fourth-order valence-corrected chi connectivity index (χ4v) is 2.50. The normalized spacial score (nSPS) is 21.8. The predicted molar refractivity (Wildman–Crippen MR) is 68.5 cm³/mol. The fourth-order valence-electron chi connectivity index (χ4n) is 2.50. The number of pyridine rings is 1. The number of hydrogen-bond donors (Lipinski definition) is 1. The van der Waals surface area contributed by atoms with E-state index >= 15 is 0 Å². The molecule has 2 N–H and O–H groups in total. The van der Waals surface area contributed by atoms with Gasteiger partial charge in [0, 0.05) is 19.3 Å². The number of nitrogen functional groups attached to an aromatic ring is 1. The Morgan fingerprint density at radius 2 is 2.31 bits per heavy atom. The van der Waals surface area contributed by atoms with Crippen LogP contribution >= 0.6 is 0 Å². The van der Waals surface area contributed by atoms with Gasteiger partial charge in [-0.15, -0.1) is 0 Å². The maximum absolute atomic E-state index is 5.97. The van der Waals surface area contributed by atoms with Crippen molar-refractivity contribution < 1.29 is 0 Å². The molecule has 16 heavy (non-hydrogen) atoms. The second kappa shape index (κ2) is 5.19. The first-order valence-electron chi connectivity index (χ1n) is 6.25. The van der Waals surface area contributed by atoms with Gasteiger partial charge in [0.15, 0.2) is 0 Å². The summed E-state index contributed by atoms with van der Waals surface area (Å²) >= 11 is 0. The Morgan fingerprint density at radius 3 is 3.06 bits per heavy atom. The molecule has 1 saturated heterocycles. The zero-order chi connectivity index (χ0) is 11.4. The van der Waals surface area contributed by atoms with Crippen LogP contribution in [0.15, 0.2) is 18.5 Å². The summed E-state index contributed by atoms with van der Waals surface area (Å²) in [5.41, 5.74) is 7.93. The molecule has 1 aromatic heterocycles. The third-order valence-electron chi connectivity index (χ3n) is 3.59. The zero-order valence-corrected chi connectivity index (χ0v) is 10.0. The van der Waals surface area contributed by atoms with Crippen molar-refractivity contribution in [1.29, 1.82) is 0 Å². The van der Waals surface area contributed by atoms with Crippen LogP contribution in [0.1, 0.15) is 32.6 Å². The molecule has 0 aromatic carbocycles. The predicted octanol–water partition coefficient (Wildman–Crippen LogP) is 2.68. The Hall–Kier alpha value is -1.25. The lowest BCUT2D eigenvalue weighted by Crippen LogP contribution is -2.25. The van der Waals surface area contributed by atoms with Gasteiger partial charge in [-0.3, -0.25) is 4.98 Å². The standard InChI is InChI=1S/C13H21N3/c1-2-11-4-3-8-16(9-6-11)13-5-7-15-10-12(13)14/h5,7,10-11H,2-4,6,8-9,14H2,1H3. The molecule has 0 radical (unpaired) electrons. The summed E-state index contributed by atoms with van der Waals surface area (Å²) in [7, 11) is 0. The van der Waals surface area contributed by atoms with E-state index in [1.165, 1.54) is 25.7 Å². The van der Waals surface area contributed by atoms with E-state index in [1.807, 2.05) is 12.3 Å². The van der Waals surface area contributed by atoms with Crippen molar-refractivity contribution in [2.24, 2.45) is 5.92 Å². The van der Waals surface area contributed by atoms with E-state index in [4.69, 9.17) is 5.73 Å². The summed E-state index contributed by atoms with van der Waals surface area (Å²) in [6.07, 6.45) is 8.81. The molecular formula is C13H21N3. The third kappa shape index (κ3) is 2.46. The molecule has 1 atom stereocenters. The van der Waals surface area contributed by atoms with Crippen LogP contribution in [0.4, 0.5) is 11.4 Å². The van der Waals surface area contributed by atoms with Gasteiger partial charge >= 0.3 is 0 Å². The monoisotopic (exact) mass is 219 g/mol. The molecule has 0 bridgehead atoms. The molecule has 0 amide bonds. The summed E-state index contributed by atoms with van der Waals surface area (Å²) in [6.45, 7) is 4.55. The average Bonchev–Trinajstić information content (AvgIpc) is 2.55. The van der Waals surface area contributed by atoms with Crippen molar-refractivity contribution in [3.8, 4) is 0 Å². The number of hydrogen-bond acceptors (Lipinski definition) is 3. The Morgan fingerprint density at radius 1 is 1.44 bits per heavy atom. The summed E-state index contributed by atoms with van der Waals surface area (Å²) in [4.78, 5) is 6.45. The summed E-state index contributed by atoms with van der Waals surface area (Å²) in [5.74, 6) is 0.896. The van der Waals surface area contributed by atoms with Gasteiger partial charge in [-0.25, -0.2) is 0 Å². The SMILES string of the molecule is CCC1CCCN(c2ccncc2N)CC1. The number of nitrogens with two attached hydrogens (primary N) is 1. The van der Waals surface area contributed by atoms with Crippen LogP contribution in [0.3, 0.4) is 0 Å². The van der Waals surface area contributed by atoms with Gasteiger partial charge in [0.2, 0.25) is 0 Å². The van der Waals surface area contributed by atoms with E-state index in [9.17, 15) is 0 Å². The minimum Gasteiger partial charge on any atom is -0.396 e. The smallest absolute Gasteiger partial charge is 0.0738 e. The van der Waals surface area contributed by atoms with Gasteiger partial charge < -0.3 is 10.6 Å². The molecule has 1 aliphatic heterocycles. The molecule has 0 saturated carbocycles. The van der Waals surface area contributed by atoms with Crippen molar-refractivity contribution in [2.75, 3.05) is 23.7 Å². The lowest BCUT2D eigenvalue weighted by Gasteiger charge is -2.24. The Balaban J connectivity index is 2.08. The van der Waals surface area contributed by atoms with Gasteiger partial charge in [-0.1, -0.05) is 13.3 Å². The topological polar surface area (TPSA) is 42.2 Å². The lowest BCUT2D eigenvalue weighted by molar-refractivity contribution is 0.459. The minimum absolute atomic E-state index is 0.803. The van der Waals surface area contributed by atoms with E-state index in [0.29, 0.717) is 0 Å². The molecule has 0 spiro atoms. The van der Waals surface area contributed by atoms with Crippen molar-refractivity contribution in [1.82, 2.24) is 4.98 Å². The molecule has 1 fully saturated rings. The van der Waals surface area contributed by atoms with Crippen LogP contribution in [0, 0.1) is 5.92 Å². The van der Waals surface area contributed by atoms with E-state index in [1.54, 1.807) is 6.20 Å². The first kappa shape index (κ1) is 11.2. The largest absolute Gasteiger partial charge is 0.396 e. The van der Waals surface area contributed by atoms with Crippen molar-refractivity contribution in [3.63, 3.8) is 0 Å². The molecule has 2 heterocycles. The molecule has 3 nitrogen and oxygen atoms in total. The van der Waals surface area contributed by atoms with Crippen molar-refractivity contribution in [2.45, 2.75) is 32.6 Å². The molecule has 0 aliphatic carbocycles. The average molecular weight is 219 g/mol.